The quantitative estimate of drug-likeness (QED) is 0.516. The molecule has 1 aliphatic carbocycles. The fraction of sp³-hybridized carbons (Fsp3) is 0.346. The van der Waals surface area contributed by atoms with Crippen LogP contribution >= 0.6 is 11.6 Å². The largest absolute Gasteiger partial charge is 0.496 e. The van der Waals surface area contributed by atoms with Crippen LogP contribution in [0.25, 0.3) is 11.4 Å². The second-order valence-corrected chi connectivity index (χ2v) is 9.96. The minimum Gasteiger partial charge on any atom is -0.496 e. The molecule has 1 aliphatic heterocycles. The first-order valence-electron chi connectivity index (χ1n) is 11.3. The standard InChI is InChI=1S/C26H27ClN4O4/c1-26(2)12-17-22(18(32)13-26)23(16-10-20(34-4)21(35-5)11-19(16)33-3)31-25(28-17)29-24(30-31)14-6-8-15(27)9-7-14/h6-11,23H,12-13H2,1-5H3,(H,28,29,30). The summed E-state index contributed by atoms with van der Waals surface area (Å²) in [5.41, 5.74) is 2.91. The monoisotopic (exact) mass is 494 g/mol. The normalized spacial score (nSPS) is 18.5. The van der Waals surface area contributed by atoms with Crippen molar-refractivity contribution >= 4 is 23.3 Å². The van der Waals surface area contributed by atoms with Crippen molar-refractivity contribution in [3.05, 3.63) is 58.3 Å². The van der Waals surface area contributed by atoms with E-state index in [1.165, 1.54) is 0 Å². The molecule has 182 valence electrons. The molecule has 2 heterocycles. The third-order valence-corrected chi connectivity index (χ3v) is 6.72. The second kappa shape index (κ2) is 8.61. The average molecular weight is 495 g/mol. The summed E-state index contributed by atoms with van der Waals surface area (Å²) in [6.45, 7) is 4.20. The third-order valence-electron chi connectivity index (χ3n) is 6.46. The van der Waals surface area contributed by atoms with E-state index in [4.69, 9.17) is 35.9 Å². The fourth-order valence-corrected chi connectivity index (χ4v) is 5.01. The minimum absolute atomic E-state index is 0.0692. The van der Waals surface area contributed by atoms with E-state index in [0.29, 0.717) is 52.5 Å². The van der Waals surface area contributed by atoms with E-state index in [-0.39, 0.29) is 11.2 Å². The van der Waals surface area contributed by atoms with Crippen molar-refractivity contribution in [2.24, 2.45) is 5.41 Å². The van der Waals surface area contributed by atoms with Crippen LogP contribution in [0.5, 0.6) is 17.2 Å². The topological polar surface area (TPSA) is 87.5 Å². The van der Waals surface area contributed by atoms with Crippen LogP contribution in [0.15, 0.2) is 47.7 Å². The van der Waals surface area contributed by atoms with Gasteiger partial charge < -0.3 is 19.5 Å². The van der Waals surface area contributed by atoms with Gasteiger partial charge in [0.2, 0.25) is 5.95 Å². The van der Waals surface area contributed by atoms with Gasteiger partial charge in [-0.15, -0.1) is 5.10 Å². The van der Waals surface area contributed by atoms with Crippen LogP contribution in [0.4, 0.5) is 5.95 Å². The number of rotatable bonds is 5. The van der Waals surface area contributed by atoms with E-state index >= 15 is 0 Å². The van der Waals surface area contributed by atoms with Gasteiger partial charge in [0.25, 0.3) is 0 Å². The van der Waals surface area contributed by atoms with Gasteiger partial charge in [-0.05, 0) is 42.2 Å². The third kappa shape index (κ3) is 4.01. The lowest BCUT2D eigenvalue weighted by Crippen LogP contribution is -2.36. The number of fused-ring (bicyclic) bond motifs is 1. The summed E-state index contributed by atoms with van der Waals surface area (Å²) < 4.78 is 18.6. The number of carbonyl (C=O) groups is 1. The number of allylic oxidation sites excluding steroid dienone is 2. The summed E-state index contributed by atoms with van der Waals surface area (Å²) in [4.78, 5) is 18.3. The molecular formula is C26H27ClN4O4. The number of benzene rings is 2. The van der Waals surface area contributed by atoms with Gasteiger partial charge in [-0.2, -0.15) is 4.98 Å². The summed E-state index contributed by atoms with van der Waals surface area (Å²) in [7, 11) is 4.74. The van der Waals surface area contributed by atoms with Gasteiger partial charge in [-0.3, -0.25) is 4.79 Å². The number of aromatic nitrogens is 3. The molecule has 1 unspecified atom stereocenters. The number of ketones is 1. The van der Waals surface area contributed by atoms with Crippen molar-refractivity contribution in [3.8, 4) is 28.6 Å². The molecule has 0 amide bonds. The predicted octanol–water partition coefficient (Wildman–Crippen LogP) is 5.28. The van der Waals surface area contributed by atoms with Gasteiger partial charge in [-0.1, -0.05) is 25.4 Å². The summed E-state index contributed by atoms with van der Waals surface area (Å²) in [5, 5.41) is 8.86. The average Bonchev–Trinajstić information content (AvgIpc) is 3.25. The van der Waals surface area contributed by atoms with Crippen molar-refractivity contribution in [2.75, 3.05) is 26.6 Å². The highest BCUT2D eigenvalue weighted by Crippen LogP contribution is 2.49. The van der Waals surface area contributed by atoms with Crippen LogP contribution < -0.4 is 19.5 Å². The molecule has 1 atom stereocenters. The molecule has 1 N–H and O–H groups in total. The van der Waals surface area contributed by atoms with Crippen LogP contribution in [-0.4, -0.2) is 41.9 Å². The Morgan fingerprint density at radius 2 is 1.66 bits per heavy atom. The smallest absolute Gasteiger partial charge is 0.226 e. The van der Waals surface area contributed by atoms with Gasteiger partial charge >= 0.3 is 0 Å². The molecular weight excluding hydrogens is 468 g/mol. The molecule has 5 rings (SSSR count). The van der Waals surface area contributed by atoms with Gasteiger partial charge in [0.1, 0.15) is 11.8 Å². The van der Waals surface area contributed by atoms with Crippen LogP contribution in [0.3, 0.4) is 0 Å². The molecule has 0 saturated heterocycles. The molecule has 8 nitrogen and oxygen atoms in total. The maximum Gasteiger partial charge on any atom is 0.226 e. The summed E-state index contributed by atoms with van der Waals surface area (Å²) >= 11 is 6.08. The highest BCUT2D eigenvalue weighted by molar-refractivity contribution is 6.30. The molecule has 9 heteroatoms. The molecule has 0 fully saturated rings. The fourth-order valence-electron chi connectivity index (χ4n) is 4.88. The van der Waals surface area contributed by atoms with Crippen molar-refractivity contribution in [2.45, 2.75) is 32.7 Å². The van der Waals surface area contributed by atoms with Gasteiger partial charge in [0, 0.05) is 39.9 Å². The first-order chi connectivity index (χ1) is 16.7. The first kappa shape index (κ1) is 23.2. The number of ether oxygens (including phenoxy) is 3. The molecule has 2 aliphatic rings. The SMILES string of the molecule is COc1cc(OC)c(C2C3=C(CC(C)(C)CC3=O)Nc3nc(-c4ccc(Cl)cc4)nn32)cc1OC. The maximum atomic E-state index is 13.6. The van der Waals surface area contributed by atoms with Crippen molar-refractivity contribution in [3.63, 3.8) is 0 Å². The van der Waals surface area contributed by atoms with Crippen LogP contribution in [0, 0.1) is 5.41 Å². The lowest BCUT2D eigenvalue weighted by atomic mass is 9.73. The lowest BCUT2D eigenvalue weighted by molar-refractivity contribution is -0.118. The highest BCUT2D eigenvalue weighted by atomic mass is 35.5. The number of methoxy groups -OCH3 is 3. The molecule has 0 saturated carbocycles. The number of hydrogen-bond donors (Lipinski definition) is 1. The van der Waals surface area contributed by atoms with E-state index in [0.717, 1.165) is 16.8 Å². The first-order valence-corrected chi connectivity index (χ1v) is 11.7. The molecule has 1 aromatic heterocycles. The van der Waals surface area contributed by atoms with Crippen molar-refractivity contribution in [1.29, 1.82) is 0 Å². The number of nitrogens with zero attached hydrogens (tertiary/aromatic N) is 3. The summed E-state index contributed by atoms with van der Waals surface area (Å²) in [5.74, 6) is 2.79. The lowest BCUT2D eigenvalue weighted by Gasteiger charge is -2.38. The number of halogens is 1. The van der Waals surface area contributed by atoms with E-state index in [1.54, 1.807) is 44.2 Å². The van der Waals surface area contributed by atoms with E-state index in [1.807, 2.05) is 18.2 Å². The highest BCUT2D eigenvalue weighted by Gasteiger charge is 2.43. The molecule has 0 spiro atoms. The predicted molar refractivity (Wildman–Crippen MR) is 133 cm³/mol. The zero-order valence-corrected chi connectivity index (χ0v) is 21.1. The van der Waals surface area contributed by atoms with Crippen LogP contribution in [0.2, 0.25) is 5.02 Å². The molecule has 3 aromatic rings. The Kier molecular flexibility index (Phi) is 5.71. The molecule has 0 bridgehead atoms. The summed E-state index contributed by atoms with van der Waals surface area (Å²) in [6, 6.07) is 10.4. The Morgan fingerprint density at radius 1 is 1.00 bits per heavy atom. The Hall–Kier alpha value is -3.52. The van der Waals surface area contributed by atoms with E-state index < -0.39 is 6.04 Å². The van der Waals surface area contributed by atoms with Crippen LogP contribution in [0.1, 0.15) is 38.3 Å². The van der Waals surface area contributed by atoms with Crippen LogP contribution in [-0.2, 0) is 4.79 Å². The van der Waals surface area contributed by atoms with E-state index in [9.17, 15) is 4.79 Å². The number of hydrogen-bond acceptors (Lipinski definition) is 7. The zero-order valence-electron chi connectivity index (χ0n) is 20.3. The Morgan fingerprint density at radius 3 is 2.31 bits per heavy atom. The van der Waals surface area contributed by atoms with Gasteiger partial charge in [0.15, 0.2) is 23.1 Å². The van der Waals surface area contributed by atoms with Crippen molar-refractivity contribution < 1.29 is 19.0 Å². The molecule has 0 radical (unpaired) electrons. The van der Waals surface area contributed by atoms with E-state index in [2.05, 4.69) is 19.2 Å². The Bertz CT molecular complexity index is 1340. The Labute approximate surface area is 208 Å². The van der Waals surface area contributed by atoms with Crippen molar-refractivity contribution in [1.82, 2.24) is 14.8 Å². The van der Waals surface area contributed by atoms with Gasteiger partial charge in [0.05, 0.1) is 21.3 Å². The summed E-state index contributed by atoms with van der Waals surface area (Å²) in [6.07, 6.45) is 1.15. The number of anilines is 1. The zero-order chi connectivity index (χ0) is 24.9. The number of nitrogens with one attached hydrogen (secondary N) is 1. The minimum atomic E-state index is -0.548. The maximum absolute atomic E-state index is 13.6. The second-order valence-electron chi connectivity index (χ2n) is 9.52. The van der Waals surface area contributed by atoms with Gasteiger partial charge in [-0.25, -0.2) is 4.68 Å². The Balaban J connectivity index is 1.74. The molecule has 35 heavy (non-hydrogen) atoms. The number of Topliss-reactive ketones (excluding diaryl/α,β-unsaturated/α-hetero) is 1. The number of carbonyl (C=O) groups excluding carboxylic acids is 1. The molecule has 2 aromatic carbocycles.